The zero-order valence-corrected chi connectivity index (χ0v) is 36.1. The lowest BCUT2D eigenvalue weighted by Crippen LogP contribution is -2.67. The first-order valence-electron chi connectivity index (χ1n) is 21.6. The third-order valence-electron chi connectivity index (χ3n) is 13.9. The van der Waals surface area contributed by atoms with Crippen molar-refractivity contribution in [3.05, 3.63) is 188 Å². The van der Waals surface area contributed by atoms with E-state index in [1.807, 2.05) is 35.3 Å². The highest BCUT2D eigenvalue weighted by Crippen LogP contribution is 2.50. The number of hydrogen-bond acceptors (Lipinski definition) is 6. The summed E-state index contributed by atoms with van der Waals surface area (Å²) in [5.41, 5.74) is 19.1. The first-order valence-corrected chi connectivity index (χ1v) is 24.1. The second-order valence-electron chi connectivity index (χ2n) is 17.0. The molecule has 0 unspecified atom stereocenters. The Bertz CT molecular complexity index is 3230. The smallest absolute Gasteiger partial charge is 0.258 e. The van der Waals surface area contributed by atoms with Crippen LogP contribution in [0.1, 0.15) is 0 Å². The lowest BCUT2D eigenvalue weighted by molar-refractivity contribution is 0.490. The van der Waals surface area contributed by atoms with Gasteiger partial charge < -0.3 is 14.5 Å². The van der Waals surface area contributed by atoms with Gasteiger partial charge in [-0.2, -0.15) is 0 Å². The summed E-state index contributed by atoms with van der Waals surface area (Å²) in [4.78, 5) is 13.0. The summed E-state index contributed by atoms with van der Waals surface area (Å²) in [6.45, 7) is 0.0485. The predicted octanol–water partition coefficient (Wildman–Crippen LogP) is 8.30. The zero-order valence-electron chi connectivity index (χ0n) is 33.7. The van der Waals surface area contributed by atoms with E-state index in [2.05, 4.69) is 198 Å². The van der Waals surface area contributed by atoms with Crippen LogP contribution in [0.5, 0.6) is 11.5 Å². The van der Waals surface area contributed by atoms with Crippen LogP contribution in [0.25, 0.3) is 0 Å². The highest BCUT2D eigenvalue weighted by molar-refractivity contribution is 8.01. The Labute approximate surface area is 379 Å². The molecule has 0 fully saturated rings. The fourth-order valence-corrected chi connectivity index (χ4v) is 15.2. The maximum Gasteiger partial charge on any atom is 0.258 e. The minimum atomic E-state index is -0.129. The number of hydrogen-bond donors (Lipinski definition) is 0. The molecule has 0 bridgehead atoms. The van der Waals surface area contributed by atoms with Crippen molar-refractivity contribution in [2.45, 2.75) is 29.4 Å². The molecule has 6 heterocycles. The summed E-state index contributed by atoms with van der Waals surface area (Å²) in [5, 5.41) is 0. The quantitative estimate of drug-likeness (QED) is 0.162. The van der Waals surface area contributed by atoms with Crippen LogP contribution >= 0.6 is 35.3 Å². The number of anilines is 6. The maximum absolute atomic E-state index is 7.52. The minimum Gasteiger partial charge on any atom is -0.459 e. The van der Waals surface area contributed by atoms with Crippen molar-refractivity contribution in [1.82, 2.24) is 0 Å². The third kappa shape index (κ3) is 4.74. The van der Waals surface area contributed by atoms with Gasteiger partial charge in [-0.1, -0.05) is 167 Å². The molecule has 0 spiro atoms. The van der Waals surface area contributed by atoms with Gasteiger partial charge in [0.15, 0.2) is 0 Å². The summed E-state index contributed by atoms with van der Waals surface area (Å²) in [7, 11) is 0. The van der Waals surface area contributed by atoms with E-state index in [1.54, 1.807) is 0 Å². The first-order chi connectivity index (χ1) is 31.3. The topological polar surface area (TPSA) is 15.7 Å². The molecule has 290 valence electrons. The van der Waals surface area contributed by atoms with Crippen LogP contribution in [0.3, 0.4) is 0 Å². The van der Waals surface area contributed by atoms with Crippen LogP contribution in [-0.4, -0.2) is 20.1 Å². The molecule has 0 amide bonds. The first kappa shape index (κ1) is 35.1. The largest absolute Gasteiger partial charge is 0.459 e. The Hall–Kier alpha value is -6.38. The maximum atomic E-state index is 7.52. The molecule has 0 N–H and O–H groups in total. The monoisotopic (exact) mass is 852 g/mol. The van der Waals surface area contributed by atoms with Crippen LogP contribution in [0.2, 0.25) is 0 Å². The summed E-state index contributed by atoms with van der Waals surface area (Å²) in [6.07, 6.45) is 0. The van der Waals surface area contributed by atoms with E-state index in [1.165, 1.54) is 101 Å². The molecule has 63 heavy (non-hydrogen) atoms. The molecule has 0 aromatic heterocycles. The van der Waals surface area contributed by atoms with Crippen molar-refractivity contribution in [3.63, 3.8) is 0 Å². The SMILES string of the molecule is c1ccc(N2c3cccc4c3B(c3c2cc2c5c3Oc3ccccc3B5c3ccccc3S2)c2c(cc3c5c2Sc2ccccc2B5c2ccccc2S3)N4c2ccccc2)cc1. The predicted molar refractivity (Wildman–Crippen MR) is 268 cm³/mol. The van der Waals surface area contributed by atoms with E-state index in [-0.39, 0.29) is 20.1 Å². The normalized spacial score (nSPS) is 14.8. The van der Waals surface area contributed by atoms with E-state index in [9.17, 15) is 0 Å². The van der Waals surface area contributed by atoms with Crippen molar-refractivity contribution < 1.29 is 4.74 Å². The lowest BCUT2D eigenvalue weighted by atomic mass is 9.29. The molecule has 6 aliphatic rings. The fourth-order valence-electron chi connectivity index (χ4n) is 11.5. The number of para-hydroxylation sites is 3. The molecule has 15 rings (SSSR count). The minimum absolute atomic E-state index is 0.0498. The van der Waals surface area contributed by atoms with Crippen molar-refractivity contribution >= 4 is 139 Å². The van der Waals surface area contributed by atoms with E-state index < -0.39 is 0 Å². The Morgan fingerprint density at radius 2 is 0.810 bits per heavy atom. The van der Waals surface area contributed by atoms with E-state index in [4.69, 9.17) is 4.74 Å². The molecule has 3 nitrogen and oxygen atoms in total. The standard InChI is InChI=1S/C54H31B3N2OS3/c1-3-16-32(17-4-1)58-38-24-15-25-39-48(38)57(49-40(58)30-46-51-53(49)60-42-26-11-7-20-34(42)55(51)35-21-8-12-27-43(35)61-46)50-41(59(39)33-18-5-2-6-19-33)31-47-52-54(50)63-45-29-14-10-23-37(45)56(52)36-22-9-13-28-44(36)62-47/h1-31H. The molecular formula is C54H31B3N2OS3. The number of nitrogens with zero attached hydrogens (tertiary/aromatic N) is 2. The van der Waals surface area contributed by atoms with Gasteiger partial charge in [-0.15, -0.1) is 0 Å². The molecular weight excluding hydrogens is 821 g/mol. The van der Waals surface area contributed by atoms with Crippen LogP contribution in [0.15, 0.2) is 217 Å². The Balaban J connectivity index is 1.11. The van der Waals surface area contributed by atoms with Gasteiger partial charge in [0.05, 0.1) is 0 Å². The van der Waals surface area contributed by atoms with Crippen LogP contribution in [-0.2, 0) is 0 Å². The summed E-state index contributed by atoms with van der Waals surface area (Å²) < 4.78 is 7.52. The number of fused-ring (bicyclic) bond motifs is 14. The van der Waals surface area contributed by atoms with Gasteiger partial charge in [-0.3, -0.25) is 0 Å². The van der Waals surface area contributed by atoms with Crippen molar-refractivity contribution in [1.29, 1.82) is 0 Å². The summed E-state index contributed by atoms with van der Waals surface area (Å²) in [5.74, 6) is 1.94. The molecule has 0 atom stereocenters. The summed E-state index contributed by atoms with van der Waals surface area (Å²) in [6, 6.07) is 70.0. The van der Waals surface area contributed by atoms with E-state index in [0.717, 1.165) is 22.9 Å². The molecule has 6 aliphatic heterocycles. The van der Waals surface area contributed by atoms with Gasteiger partial charge in [0.2, 0.25) is 6.71 Å². The fraction of sp³-hybridized carbons (Fsp3) is 0. The van der Waals surface area contributed by atoms with Crippen LogP contribution < -0.4 is 63.7 Å². The van der Waals surface area contributed by atoms with Crippen LogP contribution in [0.4, 0.5) is 34.1 Å². The molecule has 0 aliphatic carbocycles. The average molecular weight is 852 g/mol. The highest BCUT2D eigenvalue weighted by atomic mass is 32.2. The van der Waals surface area contributed by atoms with Gasteiger partial charge in [0, 0.05) is 63.5 Å². The van der Waals surface area contributed by atoms with Crippen molar-refractivity contribution in [2.24, 2.45) is 0 Å². The molecule has 0 saturated carbocycles. The second-order valence-corrected chi connectivity index (χ2v) is 20.2. The Morgan fingerprint density at radius 1 is 0.333 bits per heavy atom. The third-order valence-corrected chi connectivity index (χ3v) is 17.4. The molecule has 9 heteroatoms. The van der Waals surface area contributed by atoms with Gasteiger partial charge >= 0.3 is 0 Å². The average Bonchev–Trinajstić information content (AvgIpc) is 3.34. The molecule has 0 saturated heterocycles. The summed E-state index contributed by atoms with van der Waals surface area (Å²) >= 11 is 5.78. The Morgan fingerprint density at radius 3 is 1.41 bits per heavy atom. The second kappa shape index (κ2) is 13.1. The van der Waals surface area contributed by atoms with Crippen molar-refractivity contribution in [3.8, 4) is 11.5 Å². The number of rotatable bonds is 2. The van der Waals surface area contributed by atoms with E-state index >= 15 is 0 Å². The van der Waals surface area contributed by atoms with Gasteiger partial charge in [0.1, 0.15) is 11.5 Å². The number of ether oxygens (including phenoxy) is 1. The number of benzene rings is 9. The molecule has 9 aromatic rings. The highest BCUT2D eigenvalue weighted by Gasteiger charge is 2.52. The van der Waals surface area contributed by atoms with Gasteiger partial charge in [-0.25, -0.2) is 0 Å². The zero-order chi connectivity index (χ0) is 40.9. The molecule has 0 radical (unpaired) electrons. The Kier molecular flexibility index (Phi) is 7.30. The van der Waals surface area contributed by atoms with Gasteiger partial charge in [0.25, 0.3) is 13.4 Å². The molecule has 9 aromatic carbocycles. The lowest BCUT2D eigenvalue weighted by Gasteiger charge is -2.47. The van der Waals surface area contributed by atoms with Crippen molar-refractivity contribution in [2.75, 3.05) is 9.80 Å². The van der Waals surface area contributed by atoms with Gasteiger partial charge in [-0.05, 0) is 106 Å². The van der Waals surface area contributed by atoms with Crippen LogP contribution in [0, 0.1) is 0 Å². The van der Waals surface area contributed by atoms with E-state index in [0.29, 0.717) is 0 Å².